The Kier molecular flexibility index (Phi) is 5.26. The molecule has 2 N–H and O–H groups in total. The highest BCUT2D eigenvalue weighted by atomic mass is 16.1. The molecule has 2 fully saturated rings. The van der Waals surface area contributed by atoms with Gasteiger partial charge in [-0.3, -0.25) is 4.79 Å². The lowest BCUT2D eigenvalue weighted by Gasteiger charge is -2.20. The van der Waals surface area contributed by atoms with Crippen molar-refractivity contribution in [2.75, 3.05) is 39.3 Å². The van der Waals surface area contributed by atoms with Gasteiger partial charge in [0, 0.05) is 19.6 Å². The first-order valence-electron chi connectivity index (χ1n) is 7.07. The van der Waals surface area contributed by atoms with Crippen LogP contribution in [0.25, 0.3) is 0 Å². The van der Waals surface area contributed by atoms with Gasteiger partial charge in [0.1, 0.15) is 0 Å². The first kappa shape index (κ1) is 12.8. The zero-order valence-corrected chi connectivity index (χ0v) is 10.7. The average Bonchev–Trinajstić information content (AvgIpc) is 2.75. The van der Waals surface area contributed by atoms with Crippen LogP contribution in [0, 0.1) is 5.92 Å². The van der Waals surface area contributed by atoms with Gasteiger partial charge in [0.15, 0.2) is 0 Å². The number of nitrogens with one attached hydrogen (secondary N) is 2. The van der Waals surface area contributed by atoms with Crippen LogP contribution >= 0.6 is 0 Å². The van der Waals surface area contributed by atoms with Crippen molar-refractivity contribution in [3.8, 4) is 0 Å². The zero-order valence-electron chi connectivity index (χ0n) is 10.7. The van der Waals surface area contributed by atoms with Crippen molar-refractivity contribution in [3.63, 3.8) is 0 Å². The predicted molar refractivity (Wildman–Crippen MR) is 68.9 cm³/mol. The van der Waals surface area contributed by atoms with Crippen molar-refractivity contribution in [2.45, 2.75) is 32.1 Å². The molecule has 0 aromatic rings. The monoisotopic (exact) mass is 239 g/mol. The minimum atomic E-state index is 0.208. The number of likely N-dealkylation sites (tertiary alicyclic amines) is 1. The van der Waals surface area contributed by atoms with Crippen molar-refractivity contribution in [1.29, 1.82) is 0 Å². The maximum absolute atomic E-state index is 11.8. The topological polar surface area (TPSA) is 44.4 Å². The number of rotatable bonds is 4. The Bertz CT molecular complexity index is 231. The van der Waals surface area contributed by atoms with Crippen LogP contribution in [-0.4, -0.2) is 50.1 Å². The van der Waals surface area contributed by atoms with Gasteiger partial charge in [0.25, 0.3) is 0 Å². The molecule has 2 aliphatic heterocycles. The van der Waals surface area contributed by atoms with E-state index in [4.69, 9.17) is 0 Å². The fourth-order valence-corrected chi connectivity index (χ4v) is 2.72. The lowest BCUT2D eigenvalue weighted by Crippen LogP contribution is -2.38. The van der Waals surface area contributed by atoms with E-state index in [1.165, 1.54) is 38.8 Å². The highest BCUT2D eigenvalue weighted by Gasteiger charge is 2.21. The van der Waals surface area contributed by atoms with E-state index in [2.05, 4.69) is 15.5 Å². The Balaban J connectivity index is 1.59. The van der Waals surface area contributed by atoms with Gasteiger partial charge in [-0.1, -0.05) is 12.8 Å². The van der Waals surface area contributed by atoms with Crippen molar-refractivity contribution >= 4 is 5.91 Å². The van der Waals surface area contributed by atoms with E-state index in [1.54, 1.807) is 0 Å². The van der Waals surface area contributed by atoms with Crippen LogP contribution in [0.1, 0.15) is 32.1 Å². The summed E-state index contributed by atoms with van der Waals surface area (Å²) in [5, 5.41) is 6.30. The SMILES string of the molecule is O=C(NCCN1CCCCCC1)C1CCNC1. The molecule has 4 heteroatoms. The molecule has 0 saturated carbocycles. The molecule has 98 valence electrons. The summed E-state index contributed by atoms with van der Waals surface area (Å²) in [5.41, 5.74) is 0. The lowest BCUT2D eigenvalue weighted by molar-refractivity contribution is -0.124. The molecule has 0 bridgehead atoms. The largest absolute Gasteiger partial charge is 0.355 e. The van der Waals surface area contributed by atoms with Crippen LogP contribution in [0.15, 0.2) is 0 Å². The van der Waals surface area contributed by atoms with Crippen LogP contribution in [0.4, 0.5) is 0 Å². The minimum absolute atomic E-state index is 0.208. The van der Waals surface area contributed by atoms with Gasteiger partial charge in [-0.05, 0) is 38.9 Å². The molecule has 0 aromatic heterocycles. The van der Waals surface area contributed by atoms with Gasteiger partial charge in [0.05, 0.1) is 5.92 Å². The van der Waals surface area contributed by atoms with Gasteiger partial charge in [0.2, 0.25) is 5.91 Å². The van der Waals surface area contributed by atoms with Crippen LogP contribution < -0.4 is 10.6 Å². The van der Waals surface area contributed by atoms with Crippen molar-refractivity contribution in [1.82, 2.24) is 15.5 Å². The third-order valence-corrected chi connectivity index (χ3v) is 3.86. The van der Waals surface area contributed by atoms with Crippen LogP contribution in [0.5, 0.6) is 0 Å². The van der Waals surface area contributed by atoms with Gasteiger partial charge >= 0.3 is 0 Å². The van der Waals surface area contributed by atoms with E-state index in [0.29, 0.717) is 0 Å². The molecule has 17 heavy (non-hydrogen) atoms. The zero-order chi connectivity index (χ0) is 11.9. The average molecular weight is 239 g/mol. The van der Waals surface area contributed by atoms with Crippen LogP contribution in [0.2, 0.25) is 0 Å². The second kappa shape index (κ2) is 6.97. The van der Waals surface area contributed by atoms with Gasteiger partial charge in [-0.25, -0.2) is 0 Å². The second-order valence-electron chi connectivity index (χ2n) is 5.24. The maximum Gasteiger partial charge on any atom is 0.224 e. The lowest BCUT2D eigenvalue weighted by atomic mass is 10.1. The van der Waals surface area contributed by atoms with E-state index >= 15 is 0 Å². The summed E-state index contributed by atoms with van der Waals surface area (Å²) in [6.07, 6.45) is 6.38. The number of hydrogen-bond donors (Lipinski definition) is 2. The summed E-state index contributed by atoms with van der Waals surface area (Å²) in [5.74, 6) is 0.448. The first-order valence-corrected chi connectivity index (χ1v) is 7.07. The normalized spacial score (nSPS) is 26.7. The molecule has 2 heterocycles. The molecule has 0 aromatic carbocycles. The highest BCUT2D eigenvalue weighted by molar-refractivity contribution is 5.79. The fraction of sp³-hybridized carbons (Fsp3) is 0.923. The molecule has 1 atom stereocenters. The minimum Gasteiger partial charge on any atom is -0.355 e. The van der Waals surface area contributed by atoms with Gasteiger partial charge < -0.3 is 15.5 Å². The standard InChI is InChI=1S/C13H25N3O/c17-13(12-5-6-14-11-12)15-7-10-16-8-3-1-2-4-9-16/h12,14H,1-11H2,(H,15,17). The number of amides is 1. The summed E-state index contributed by atoms with van der Waals surface area (Å²) in [6.45, 7) is 6.10. The Morgan fingerprint density at radius 1 is 1.24 bits per heavy atom. The summed E-state index contributed by atoms with van der Waals surface area (Å²) in [6, 6.07) is 0. The molecule has 4 nitrogen and oxygen atoms in total. The molecule has 1 unspecified atom stereocenters. The molecule has 1 amide bonds. The summed E-state index contributed by atoms with van der Waals surface area (Å²) in [7, 11) is 0. The number of hydrogen-bond acceptors (Lipinski definition) is 3. The van der Waals surface area contributed by atoms with Gasteiger partial charge in [-0.15, -0.1) is 0 Å². The summed E-state index contributed by atoms with van der Waals surface area (Å²) in [4.78, 5) is 14.3. The number of carbonyl (C=O) groups excluding carboxylic acids is 1. The number of nitrogens with zero attached hydrogens (tertiary/aromatic N) is 1. The summed E-state index contributed by atoms with van der Waals surface area (Å²) < 4.78 is 0. The molecule has 2 aliphatic rings. The van der Waals surface area contributed by atoms with E-state index in [9.17, 15) is 4.79 Å². The third kappa shape index (κ3) is 4.28. The Labute approximate surface area is 104 Å². The molecule has 2 saturated heterocycles. The van der Waals surface area contributed by atoms with Gasteiger partial charge in [-0.2, -0.15) is 0 Å². The first-order chi connectivity index (χ1) is 8.36. The smallest absolute Gasteiger partial charge is 0.224 e. The molecular formula is C13H25N3O. The van der Waals surface area contributed by atoms with Crippen LogP contribution in [0.3, 0.4) is 0 Å². The molecule has 0 spiro atoms. The molecule has 2 rings (SSSR count). The third-order valence-electron chi connectivity index (χ3n) is 3.86. The summed E-state index contributed by atoms with van der Waals surface area (Å²) >= 11 is 0. The number of carbonyl (C=O) groups is 1. The predicted octanol–water partition coefficient (Wildman–Crippen LogP) is 0.588. The molecule has 0 aliphatic carbocycles. The molecule has 0 radical (unpaired) electrons. The van der Waals surface area contributed by atoms with Crippen molar-refractivity contribution in [2.24, 2.45) is 5.92 Å². The van der Waals surface area contributed by atoms with E-state index < -0.39 is 0 Å². The molecular weight excluding hydrogens is 214 g/mol. The fourth-order valence-electron chi connectivity index (χ4n) is 2.72. The maximum atomic E-state index is 11.8. The van der Waals surface area contributed by atoms with E-state index in [1.807, 2.05) is 0 Å². The van der Waals surface area contributed by atoms with E-state index in [0.717, 1.165) is 32.6 Å². The highest BCUT2D eigenvalue weighted by Crippen LogP contribution is 2.09. The Morgan fingerprint density at radius 2 is 2.00 bits per heavy atom. The second-order valence-corrected chi connectivity index (χ2v) is 5.24. The quantitative estimate of drug-likeness (QED) is 0.754. The van der Waals surface area contributed by atoms with E-state index in [-0.39, 0.29) is 11.8 Å². The Morgan fingerprint density at radius 3 is 2.65 bits per heavy atom. The van der Waals surface area contributed by atoms with Crippen molar-refractivity contribution < 1.29 is 4.79 Å². The Hall–Kier alpha value is -0.610. The van der Waals surface area contributed by atoms with Crippen molar-refractivity contribution in [3.05, 3.63) is 0 Å². The van der Waals surface area contributed by atoms with Crippen LogP contribution in [-0.2, 0) is 4.79 Å².